The second kappa shape index (κ2) is 7.31. The molecule has 0 aromatic rings. The highest BCUT2D eigenvalue weighted by molar-refractivity contribution is 5.89. The molecule has 2 unspecified atom stereocenters. The quantitative estimate of drug-likeness (QED) is 0.532. The molecule has 1 saturated heterocycles. The molecule has 24 heavy (non-hydrogen) atoms. The van der Waals surface area contributed by atoms with Gasteiger partial charge in [-0.05, 0) is 13.3 Å². The van der Waals surface area contributed by atoms with Crippen LogP contribution < -0.4 is 0 Å². The summed E-state index contributed by atoms with van der Waals surface area (Å²) < 4.78 is 74.8. The molecule has 0 N–H and O–H groups in total. The molecule has 1 fully saturated rings. The molecule has 1 amide bonds. The van der Waals surface area contributed by atoms with Crippen molar-refractivity contribution in [1.29, 1.82) is 0 Å². The number of halogens is 5. The number of alkyl halides is 5. The minimum absolute atomic E-state index is 0.0935. The third-order valence-electron chi connectivity index (χ3n) is 3.53. The van der Waals surface area contributed by atoms with Gasteiger partial charge in [0, 0.05) is 6.42 Å². The number of esters is 2. The van der Waals surface area contributed by atoms with Crippen LogP contribution >= 0.6 is 0 Å². The number of nitrogens with zero attached hydrogens (tertiary/aromatic N) is 1. The summed E-state index contributed by atoms with van der Waals surface area (Å²) in [6.45, 7) is 1.10. The van der Waals surface area contributed by atoms with E-state index in [1.807, 2.05) is 0 Å². The predicted molar refractivity (Wildman–Crippen MR) is 67.9 cm³/mol. The van der Waals surface area contributed by atoms with Crippen molar-refractivity contribution in [3.63, 3.8) is 0 Å². The highest BCUT2D eigenvalue weighted by atomic mass is 19.4. The highest BCUT2D eigenvalue weighted by Crippen LogP contribution is 2.43. The Morgan fingerprint density at radius 1 is 1.29 bits per heavy atom. The van der Waals surface area contributed by atoms with E-state index in [0.717, 1.165) is 7.11 Å². The number of carbonyl (C=O) groups excluding carboxylic acids is 3. The molecular formula is C13H16F5NO5. The van der Waals surface area contributed by atoms with E-state index in [1.54, 1.807) is 0 Å². The van der Waals surface area contributed by atoms with Crippen LogP contribution in [0.5, 0.6) is 0 Å². The number of ether oxygens (including phenoxy) is 2. The van der Waals surface area contributed by atoms with Crippen LogP contribution in [0.2, 0.25) is 0 Å². The fraction of sp³-hybridized carbons (Fsp3) is 0.769. The standard InChI is InChI=1S/C13H16F5NO5/c1-3-24-10(21)6-8(12(14,15)13(16,17)18)19-7(11(22)23-2)4-5-9(19)20/h7-8H,3-6H2,1-2H3. The van der Waals surface area contributed by atoms with Crippen LogP contribution in [0.4, 0.5) is 22.0 Å². The molecule has 0 saturated carbocycles. The van der Waals surface area contributed by atoms with Gasteiger partial charge < -0.3 is 14.4 Å². The van der Waals surface area contributed by atoms with Crippen LogP contribution in [0.3, 0.4) is 0 Å². The molecule has 0 aromatic heterocycles. The van der Waals surface area contributed by atoms with Crippen LogP contribution in [-0.2, 0) is 23.9 Å². The summed E-state index contributed by atoms with van der Waals surface area (Å²) in [7, 11) is 0.908. The lowest BCUT2D eigenvalue weighted by atomic mass is 10.0. The molecule has 1 heterocycles. The smallest absolute Gasteiger partial charge is 0.455 e. The van der Waals surface area contributed by atoms with Gasteiger partial charge in [-0.3, -0.25) is 9.59 Å². The summed E-state index contributed by atoms with van der Waals surface area (Å²) in [5.41, 5.74) is 0. The van der Waals surface area contributed by atoms with Crippen molar-refractivity contribution in [3.05, 3.63) is 0 Å². The maximum Gasteiger partial charge on any atom is 0.455 e. The molecule has 0 bridgehead atoms. The van der Waals surface area contributed by atoms with Crippen molar-refractivity contribution < 1.29 is 45.8 Å². The summed E-state index contributed by atoms with van der Waals surface area (Å²) in [6, 6.07) is -4.51. The highest BCUT2D eigenvalue weighted by Gasteiger charge is 2.66. The fourth-order valence-corrected chi connectivity index (χ4v) is 2.43. The first kappa shape index (κ1) is 20.1. The Labute approximate surface area is 133 Å². The second-order valence-electron chi connectivity index (χ2n) is 5.02. The van der Waals surface area contributed by atoms with Gasteiger partial charge in [-0.2, -0.15) is 22.0 Å². The summed E-state index contributed by atoms with van der Waals surface area (Å²) in [4.78, 5) is 35.0. The average molecular weight is 361 g/mol. The molecule has 1 rings (SSSR count). The Hall–Kier alpha value is -1.94. The molecule has 0 spiro atoms. The molecule has 0 aliphatic carbocycles. The van der Waals surface area contributed by atoms with E-state index in [1.165, 1.54) is 6.92 Å². The molecule has 11 heteroatoms. The van der Waals surface area contributed by atoms with E-state index in [0.29, 0.717) is 0 Å². The summed E-state index contributed by atoms with van der Waals surface area (Å²) in [5, 5.41) is 0. The molecular weight excluding hydrogens is 345 g/mol. The predicted octanol–water partition coefficient (Wildman–Crippen LogP) is 1.67. The summed E-state index contributed by atoms with van der Waals surface area (Å²) in [5.74, 6) is -8.97. The monoisotopic (exact) mass is 361 g/mol. The Morgan fingerprint density at radius 2 is 1.88 bits per heavy atom. The van der Waals surface area contributed by atoms with Crippen LogP contribution in [0.25, 0.3) is 0 Å². The molecule has 1 aliphatic heterocycles. The van der Waals surface area contributed by atoms with E-state index in [4.69, 9.17) is 0 Å². The van der Waals surface area contributed by atoms with Crippen molar-refractivity contribution in [2.24, 2.45) is 0 Å². The molecule has 1 aliphatic rings. The lowest BCUT2D eigenvalue weighted by Gasteiger charge is -2.37. The summed E-state index contributed by atoms with van der Waals surface area (Å²) in [6.07, 6.45) is -8.11. The maximum absolute atomic E-state index is 13.9. The van der Waals surface area contributed by atoms with Gasteiger partial charge in [0.15, 0.2) is 0 Å². The Bertz CT molecular complexity index is 507. The van der Waals surface area contributed by atoms with E-state index < -0.39 is 54.9 Å². The number of methoxy groups -OCH3 is 1. The van der Waals surface area contributed by atoms with E-state index in [2.05, 4.69) is 9.47 Å². The zero-order chi connectivity index (χ0) is 18.7. The van der Waals surface area contributed by atoms with Gasteiger partial charge >= 0.3 is 24.0 Å². The van der Waals surface area contributed by atoms with E-state index in [9.17, 15) is 36.3 Å². The number of amides is 1. The average Bonchev–Trinajstić information content (AvgIpc) is 2.84. The molecule has 2 atom stereocenters. The van der Waals surface area contributed by atoms with Gasteiger partial charge in [-0.25, -0.2) is 4.79 Å². The number of hydrogen-bond acceptors (Lipinski definition) is 5. The van der Waals surface area contributed by atoms with Gasteiger partial charge in [-0.15, -0.1) is 0 Å². The van der Waals surface area contributed by atoms with E-state index in [-0.39, 0.29) is 17.9 Å². The normalized spacial score (nSPS) is 20.0. The Kier molecular flexibility index (Phi) is 6.12. The lowest BCUT2D eigenvalue weighted by Crippen LogP contribution is -2.59. The third kappa shape index (κ3) is 3.93. The van der Waals surface area contributed by atoms with Crippen molar-refractivity contribution in [2.45, 2.75) is 50.4 Å². The first-order chi connectivity index (χ1) is 11.0. The zero-order valence-electron chi connectivity index (χ0n) is 12.9. The van der Waals surface area contributed by atoms with E-state index >= 15 is 0 Å². The van der Waals surface area contributed by atoms with Crippen LogP contribution in [0.15, 0.2) is 0 Å². The van der Waals surface area contributed by atoms with Gasteiger partial charge in [-0.1, -0.05) is 0 Å². The SMILES string of the molecule is CCOC(=O)CC(N1C(=O)CCC1C(=O)OC)C(F)(F)C(F)(F)F. The number of likely N-dealkylation sites (tertiary alicyclic amines) is 1. The molecule has 0 aromatic carbocycles. The van der Waals surface area contributed by atoms with Crippen molar-refractivity contribution in [3.8, 4) is 0 Å². The fourth-order valence-electron chi connectivity index (χ4n) is 2.43. The minimum Gasteiger partial charge on any atom is -0.467 e. The van der Waals surface area contributed by atoms with Crippen LogP contribution in [-0.4, -0.2) is 60.6 Å². The molecule has 138 valence electrons. The lowest BCUT2D eigenvalue weighted by molar-refractivity contribution is -0.303. The van der Waals surface area contributed by atoms with Crippen LogP contribution in [0, 0.1) is 0 Å². The first-order valence-electron chi connectivity index (χ1n) is 6.96. The van der Waals surface area contributed by atoms with Crippen molar-refractivity contribution in [2.75, 3.05) is 13.7 Å². The zero-order valence-corrected chi connectivity index (χ0v) is 12.9. The number of rotatable bonds is 6. The molecule has 6 nitrogen and oxygen atoms in total. The van der Waals surface area contributed by atoms with Gasteiger partial charge in [0.2, 0.25) is 5.91 Å². The maximum atomic E-state index is 13.9. The summed E-state index contributed by atoms with van der Waals surface area (Å²) >= 11 is 0. The minimum atomic E-state index is -6.02. The number of hydrogen-bond donors (Lipinski definition) is 0. The largest absolute Gasteiger partial charge is 0.467 e. The first-order valence-corrected chi connectivity index (χ1v) is 6.96. The van der Waals surface area contributed by atoms with Crippen LogP contribution in [0.1, 0.15) is 26.2 Å². The van der Waals surface area contributed by atoms with Gasteiger partial charge in [0.25, 0.3) is 0 Å². The van der Waals surface area contributed by atoms with Gasteiger partial charge in [0.05, 0.1) is 20.1 Å². The number of carbonyl (C=O) groups is 3. The molecule has 0 radical (unpaired) electrons. The Balaban J connectivity index is 3.27. The topological polar surface area (TPSA) is 72.9 Å². The second-order valence-corrected chi connectivity index (χ2v) is 5.02. The van der Waals surface area contributed by atoms with Crippen molar-refractivity contribution >= 4 is 17.8 Å². The van der Waals surface area contributed by atoms with Gasteiger partial charge in [0.1, 0.15) is 12.1 Å². The van der Waals surface area contributed by atoms with Crippen molar-refractivity contribution in [1.82, 2.24) is 4.90 Å². The third-order valence-corrected chi connectivity index (χ3v) is 3.53. The Morgan fingerprint density at radius 3 is 2.33 bits per heavy atom.